The van der Waals surface area contributed by atoms with Gasteiger partial charge in [0.25, 0.3) is 0 Å². The molecule has 3 atom stereocenters. The van der Waals surface area contributed by atoms with Gasteiger partial charge in [-0.25, -0.2) is 0 Å². The highest BCUT2D eigenvalue weighted by Crippen LogP contribution is 2.46. The van der Waals surface area contributed by atoms with E-state index in [9.17, 15) is 9.90 Å². The van der Waals surface area contributed by atoms with Crippen LogP contribution < -0.4 is 0 Å². The van der Waals surface area contributed by atoms with Gasteiger partial charge in [0.1, 0.15) is 5.60 Å². The molecule has 2 fully saturated rings. The molecule has 0 amide bonds. The predicted octanol–water partition coefficient (Wildman–Crippen LogP) is 1.52. The van der Waals surface area contributed by atoms with Crippen LogP contribution in [0.2, 0.25) is 0 Å². The summed E-state index contributed by atoms with van der Waals surface area (Å²) in [7, 11) is 0. The van der Waals surface area contributed by atoms with Crippen molar-refractivity contribution in [2.45, 2.75) is 44.6 Å². The van der Waals surface area contributed by atoms with Crippen LogP contribution in [-0.4, -0.2) is 16.5 Å². The van der Waals surface area contributed by atoms with Crippen LogP contribution in [0.5, 0.6) is 0 Å². The summed E-state index contributed by atoms with van der Waals surface area (Å²) in [5, 5.41) is 10.2. The Bertz CT molecular complexity index is 212. The Labute approximate surface area is 73.0 Å². The molecule has 2 saturated carbocycles. The first-order chi connectivity index (χ1) is 5.65. The van der Waals surface area contributed by atoms with Crippen molar-refractivity contribution in [2.75, 3.05) is 0 Å². The van der Waals surface area contributed by atoms with E-state index in [1.807, 2.05) is 6.92 Å². The Morgan fingerprint density at radius 3 is 2.83 bits per heavy atom. The lowest BCUT2D eigenvalue weighted by molar-refractivity contribution is -0.146. The molecule has 2 rings (SSSR count). The van der Waals surface area contributed by atoms with Gasteiger partial charge in [0.15, 0.2) is 5.78 Å². The molecule has 1 N–H and O–H groups in total. The number of ketones is 1. The summed E-state index contributed by atoms with van der Waals surface area (Å²) in [6.07, 6.45) is 4.76. The predicted molar refractivity (Wildman–Crippen MR) is 45.7 cm³/mol. The fourth-order valence-corrected chi connectivity index (χ4v) is 2.89. The molecule has 12 heavy (non-hydrogen) atoms. The maximum atomic E-state index is 11.5. The lowest BCUT2D eigenvalue weighted by Crippen LogP contribution is -2.48. The van der Waals surface area contributed by atoms with Gasteiger partial charge in [-0.05, 0) is 31.1 Å². The second-order valence-electron chi connectivity index (χ2n) is 4.32. The molecule has 0 saturated heterocycles. The van der Waals surface area contributed by atoms with E-state index in [1.165, 1.54) is 6.42 Å². The van der Waals surface area contributed by atoms with Gasteiger partial charge in [-0.15, -0.1) is 0 Å². The van der Waals surface area contributed by atoms with Crippen molar-refractivity contribution < 1.29 is 9.90 Å². The van der Waals surface area contributed by atoms with Gasteiger partial charge < -0.3 is 5.11 Å². The second kappa shape index (κ2) is 2.56. The van der Waals surface area contributed by atoms with Crippen LogP contribution in [0, 0.1) is 11.8 Å². The molecule has 0 aromatic carbocycles. The van der Waals surface area contributed by atoms with Crippen molar-refractivity contribution >= 4 is 5.78 Å². The summed E-state index contributed by atoms with van der Waals surface area (Å²) in [5.41, 5.74) is -0.932. The third-order valence-electron chi connectivity index (χ3n) is 3.73. The van der Waals surface area contributed by atoms with Gasteiger partial charge in [0.2, 0.25) is 0 Å². The SMILES string of the molecule is C[C@H]1CCC[C@@H]2CCC(=O)[C@@]21O. The first kappa shape index (κ1) is 8.24. The lowest BCUT2D eigenvalue weighted by atomic mass is 9.70. The molecule has 0 aromatic heterocycles. The van der Waals surface area contributed by atoms with Crippen LogP contribution in [0.25, 0.3) is 0 Å². The Balaban J connectivity index is 2.30. The van der Waals surface area contributed by atoms with Crippen molar-refractivity contribution in [3.05, 3.63) is 0 Å². The number of aliphatic hydroxyl groups is 1. The van der Waals surface area contributed by atoms with Crippen molar-refractivity contribution in [1.29, 1.82) is 0 Å². The maximum Gasteiger partial charge on any atom is 0.164 e. The summed E-state index contributed by atoms with van der Waals surface area (Å²) in [6, 6.07) is 0. The van der Waals surface area contributed by atoms with Crippen LogP contribution in [0.1, 0.15) is 39.0 Å². The molecule has 0 radical (unpaired) electrons. The first-order valence-corrected chi connectivity index (χ1v) is 4.91. The van der Waals surface area contributed by atoms with Crippen molar-refractivity contribution in [2.24, 2.45) is 11.8 Å². The molecule has 68 valence electrons. The molecular formula is C10H16O2. The zero-order chi connectivity index (χ0) is 8.77. The zero-order valence-corrected chi connectivity index (χ0v) is 7.55. The highest BCUT2D eigenvalue weighted by atomic mass is 16.3. The number of rotatable bonds is 0. The van der Waals surface area contributed by atoms with Crippen molar-refractivity contribution in [3.8, 4) is 0 Å². The van der Waals surface area contributed by atoms with Gasteiger partial charge in [0.05, 0.1) is 0 Å². The largest absolute Gasteiger partial charge is 0.382 e. The molecular weight excluding hydrogens is 152 g/mol. The molecule has 0 spiro atoms. The summed E-state index contributed by atoms with van der Waals surface area (Å²) in [5.74, 6) is 0.555. The number of hydrogen-bond donors (Lipinski definition) is 1. The minimum atomic E-state index is -0.932. The molecule has 2 aliphatic carbocycles. The van der Waals surface area contributed by atoms with E-state index in [-0.39, 0.29) is 17.6 Å². The van der Waals surface area contributed by atoms with E-state index < -0.39 is 5.60 Å². The highest BCUT2D eigenvalue weighted by molar-refractivity contribution is 5.90. The van der Waals surface area contributed by atoms with E-state index in [1.54, 1.807) is 0 Å². The lowest BCUT2D eigenvalue weighted by Gasteiger charge is -2.38. The molecule has 2 aliphatic rings. The normalized spacial score (nSPS) is 47.7. The molecule has 2 heteroatoms. The molecule has 0 bridgehead atoms. The summed E-state index contributed by atoms with van der Waals surface area (Å²) >= 11 is 0. The molecule has 2 nitrogen and oxygen atoms in total. The molecule has 0 aliphatic heterocycles. The van der Waals surface area contributed by atoms with E-state index >= 15 is 0 Å². The van der Waals surface area contributed by atoms with Gasteiger partial charge >= 0.3 is 0 Å². The third-order valence-corrected chi connectivity index (χ3v) is 3.73. The van der Waals surface area contributed by atoms with Crippen LogP contribution >= 0.6 is 0 Å². The average molecular weight is 168 g/mol. The monoisotopic (exact) mass is 168 g/mol. The van der Waals surface area contributed by atoms with Gasteiger partial charge in [-0.2, -0.15) is 0 Å². The zero-order valence-electron chi connectivity index (χ0n) is 7.55. The molecule has 0 unspecified atom stereocenters. The number of hydrogen-bond acceptors (Lipinski definition) is 2. The summed E-state index contributed by atoms with van der Waals surface area (Å²) < 4.78 is 0. The Kier molecular flexibility index (Phi) is 1.76. The third kappa shape index (κ3) is 0.875. The van der Waals surface area contributed by atoms with Crippen molar-refractivity contribution in [1.82, 2.24) is 0 Å². The van der Waals surface area contributed by atoms with E-state index in [0.717, 1.165) is 19.3 Å². The van der Waals surface area contributed by atoms with E-state index in [4.69, 9.17) is 0 Å². The Hall–Kier alpha value is -0.370. The fourth-order valence-electron chi connectivity index (χ4n) is 2.89. The number of fused-ring (bicyclic) bond motifs is 1. The van der Waals surface area contributed by atoms with Crippen LogP contribution in [0.3, 0.4) is 0 Å². The minimum absolute atomic E-state index is 0.0969. The minimum Gasteiger partial charge on any atom is -0.382 e. The summed E-state index contributed by atoms with van der Waals surface area (Å²) in [4.78, 5) is 11.5. The number of carbonyl (C=O) groups is 1. The number of Topliss-reactive ketones (excluding diaryl/α,β-unsaturated/α-hetero) is 1. The quantitative estimate of drug-likeness (QED) is 0.595. The van der Waals surface area contributed by atoms with Crippen LogP contribution in [0.15, 0.2) is 0 Å². The van der Waals surface area contributed by atoms with Gasteiger partial charge in [-0.3, -0.25) is 4.79 Å². The average Bonchev–Trinajstić information content (AvgIpc) is 2.33. The fraction of sp³-hybridized carbons (Fsp3) is 0.900. The highest BCUT2D eigenvalue weighted by Gasteiger charge is 2.53. The van der Waals surface area contributed by atoms with Gasteiger partial charge in [-0.1, -0.05) is 13.3 Å². The first-order valence-electron chi connectivity index (χ1n) is 4.91. The Morgan fingerprint density at radius 1 is 1.42 bits per heavy atom. The number of carbonyl (C=O) groups excluding carboxylic acids is 1. The molecule has 0 aromatic rings. The Morgan fingerprint density at radius 2 is 2.17 bits per heavy atom. The standard InChI is InChI=1S/C10H16O2/c1-7-3-2-4-8-5-6-9(11)10(7,8)12/h7-8,12H,2-6H2,1H3/t7-,8+,10-/m0/s1. The van der Waals surface area contributed by atoms with Crippen LogP contribution in [-0.2, 0) is 4.79 Å². The van der Waals surface area contributed by atoms with E-state index in [2.05, 4.69) is 0 Å². The topological polar surface area (TPSA) is 37.3 Å². The van der Waals surface area contributed by atoms with E-state index in [0.29, 0.717) is 6.42 Å². The molecule has 0 heterocycles. The second-order valence-corrected chi connectivity index (χ2v) is 4.32. The smallest absolute Gasteiger partial charge is 0.164 e. The van der Waals surface area contributed by atoms with Crippen molar-refractivity contribution in [3.63, 3.8) is 0 Å². The maximum absolute atomic E-state index is 11.5. The van der Waals surface area contributed by atoms with Gasteiger partial charge in [0, 0.05) is 6.42 Å². The van der Waals surface area contributed by atoms with Crippen LogP contribution in [0.4, 0.5) is 0 Å². The summed E-state index contributed by atoms with van der Waals surface area (Å²) in [6.45, 7) is 2.01.